The number of rotatable bonds is 3. The number of nitrogens with one attached hydrogen (secondary N) is 1. The van der Waals surface area contributed by atoms with Gasteiger partial charge in [0.25, 0.3) is 5.91 Å². The number of carbonyl (C=O) groups excluding carboxylic acids is 2. The van der Waals surface area contributed by atoms with Crippen molar-refractivity contribution >= 4 is 11.8 Å². The van der Waals surface area contributed by atoms with Gasteiger partial charge in [-0.1, -0.05) is 49.6 Å². The van der Waals surface area contributed by atoms with Crippen LogP contribution in [0, 0.1) is 0 Å². The molecule has 170 valence electrons. The van der Waals surface area contributed by atoms with Crippen LogP contribution in [0.4, 0.5) is 0 Å². The molecule has 1 spiro atoms. The van der Waals surface area contributed by atoms with Crippen LogP contribution in [0.1, 0.15) is 60.9 Å². The standard InChI is InChI=1S/C26H34N4O2/c31-24-20-26(12-5-2-6-13-26)30(21-22-8-3-1-4-9-22)18-7-17-29(19-16-28-24)25(32)23-10-14-27-15-11-23/h1,3-4,8-11,14-15H,2,5-7,12-13,16-21H2,(H,28,31). The molecule has 1 aromatic carbocycles. The second-order valence-electron chi connectivity index (χ2n) is 9.10. The quantitative estimate of drug-likeness (QED) is 0.801. The van der Waals surface area contributed by atoms with Crippen molar-refractivity contribution in [1.29, 1.82) is 0 Å². The molecular formula is C26H34N4O2. The van der Waals surface area contributed by atoms with Crippen LogP contribution in [0.5, 0.6) is 0 Å². The van der Waals surface area contributed by atoms with Crippen molar-refractivity contribution in [3.05, 3.63) is 66.0 Å². The maximum Gasteiger partial charge on any atom is 0.254 e. The molecule has 4 rings (SSSR count). The molecule has 1 aliphatic carbocycles. The molecule has 1 saturated carbocycles. The van der Waals surface area contributed by atoms with Crippen molar-refractivity contribution in [2.45, 2.75) is 57.0 Å². The van der Waals surface area contributed by atoms with Gasteiger partial charge in [-0.3, -0.25) is 19.5 Å². The fourth-order valence-corrected chi connectivity index (χ4v) is 5.24. The van der Waals surface area contributed by atoms with Gasteiger partial charge >= 0.3 is 0 Å². The normalized spacial score (nSPS) is 20.4. The lowest BCUT2D eigenvalue weighted by Crippen LogP contribution is -2.52. The van der Waals surface area contributed by atoms with Crippen LogP contribution in [-0.2, 0) is 11.3 Å². The van der Waals surface area contributed by atoms with Crippen LogP contribution in [-0.4, -0.2) is 58.3 Å². The van der Waals surface area contributed by atoms with E-state index in [4.69, 9.17) is 0 Å². The first kappa shape index (κ1) is 22.5. The summed E-state index contributed by atoms with van der Waals surface area (Å²) in [5.74, 6) is 0.103. The zero-order valence-corrected chi connectivity index (χ0v) is 18.8. The highest BCUT2D eigenvalue weighted by Gasteiger charge is 2.40. The average molecular weight is 435 g/mol. The minimum Gasteiger partial charge on any atom is -0.354 e. The number of benzene rings is 1. The maximum atomic E-state index is 13.1. The Kier molecular flexibility index (Phi) is 7.53. The predicted octanol–water partition coefficient (Wildman–Crippen LogP) is 3.64. The molecule has 6 nitrogen and oxygen atoms in total. The largest absolute Gasteiger partial charge is 0.354 e. The van der Waals surface area contributed by atoms with Gasteiger partial charge in [-0.2, -0.15) is 0 Å². The summed E-state index contributed by atoms with van der Waals surface area (Å²) in [4.78, 5) is 34.5. The monoisotopic (exact) mass is 434 g/mol. The van der Waals surface area contributed by atoms with E-state index in [1.807, 2.05) is 11.0 Å². The van der Waals surface area contributed by atoms with Gasteiger partial charge in [0.1, 0.15) is 0 Å². The first-order chi connectivity index (χ1) is 15.7. The lowest BCUT2D eigenvalue weighted by Gasteiger charge is -2.46. The van der Waals surface area contributed by atoms with Crippen LogP contribution in [0.2, 0.25) is 0 Å². The van der Waals surface area contributed by atoms with Crippen LogP contribution in [0.25, 0.3) is 0 Å². The Morgan fingerprint density at radius 1 is 0.938 bits per heavy atom. The number of carbonyl (C=O) groups is 2. The number of hydrogen-bond donors (Lipinski definition) is 1. The minimum absolute atomic E-state index is 0.00267. The Morgan fingerprint density at radius 2 is 1.69 bits per heavy atom. The van der Waals surface area contributed by atoms with Crippen molar-refractivity contribution in [2.24, 2.45) is 0 Å². The Hall–Kier alpha value is -2.73. The molecule has 1 saturated heterocycles. The zero-order valence-electron chi connectivity index (χ0n) is 18.8. The summed E-state index contributed by atoms with van der Waals surface area (Å²) in [6, 6.07) is 14.0. The van der Waals surface area contributed by atoms with E-state index in [1.165, 1.54) is 24.8 Å². The van der Waals surface area contributed by atoms with E-state index in [2.05, 4.69) is 39.5 Å². The summed E-state index contributed by atoms with van der Waals surface area (Å²) in [6.45, 7) is 3.41. The molecule has 2 aliphatic rings. The van der Waals surface area contributed by atoms with E-state index < -0.39 is 0 Å². The molecule has 1 N–H and O–H groups in total. The van der Waals surface area contributed by atoms with Gasteiger partial charge in [0.05, 0.1) is 0 Å². The summed E-state index contributed by atoms with van der Waals surface area (Å²) < 4.78 is 0. The molecule has 1 aromatic heterocycles. The number of hydrogen-bond acceptors (Lipinski definition) is 4. The van der Waals surface area contributed by atoms with Gasteiger partial charge in [0, 0.05) is 62.6 Å². The molecule has 0 unspecified atom stereocenters. The molecule has 2 fully saturated rings. The predicted molar refractivity (Wildman–Crippen MR) is 125 cm³/mol. The molecular weight excluding hydrogens is 400 g/mol. The highest BCUT2D eigenvalue weighted by molar-refractivity contribution is 5.94. The van der Waals surface area contributed by atoms with Gasteiger partial charge in [-0.15, -0.1) is 0 Å². The molecule has 0 radical (unpaired) electrons. The van der Waals surface area contributed by atoms with E-state index in [-0.39, 0.29) is 17.4 Å². The topological polar surface area (TPSA) is 65.5 Å². The van der Waals surface area contributed by atoms with Crippen molar-refractivity contribution in [3.8, 4) is 0 Å². The fourth-order valence-electron chi connectivity index (χ4n) is 5.24. The highest BCUT2D eigenvalue weighted by atomic mass is 16.2. The summed E-state index contributed by atoms with van der Waals surface area (Å²) in [7, 11) is 0. The second kappa shape index (κ2) is 10.7. The first-order valence-corrected chi connectivity index (χ1v) is 11.9. The van der Waals surface area contributed by atoms with E-state index in [0.29, 0.717) is 31.6 Å². The van der Waals surface area contributed by atoms with Gasteiger partial charge in [-0.25, -0.2) is 0 Å². The van der Waals surface area contributed by atoms with E-state index in [0.717, 1.165) is 32.4 Å². The number of nitrogens with zero attached hydrogens (tertiary/aromatic N) is 3. The summed E-state index contributed by atoms with van der Waals surface area (Å²) in [5, 5.41) is 3.10. The molecule has 2 aromatic rings. The Balaban J connectivity index is 1.55. The van der Waals surface area contributed by atoms with Gasteiger partial charge in [-0.05, 0) is 37.0 Å². The first-order valence-electron chi connectivity index (χ1n) is 11.9. The third-order valence-corrected chi connectivity index (χ3v) is 6.94. The molecule has 1 aliphatic heterocycles. The van der Waals surface area contributed by atoms with E-state index >= 15 is 0 Å². The van der Waals surface area contributed by atoms with Crippen molar-refractivity contribution in [1.82, 2.24) is 20.1 Å². The Labute approximate surface area is 191 Å². The van der Waals surface area contributed by atoms with Crippen molar-refractivity contribution in [2.75, 3.05) is 26.2 Å². The van der Waals surface area contributed by atoms with Gasteiger partial charge in [0.2, 0.25) is 5.91 Å². The number of aromatic nitrogens is 1. The average Bonchev–Trinajstić information content (AvgIpc) is 2.85. The molecule has 0 bridgehead atoms. The Morgan fingerprint density at radius 3 is 2.44 bits per heavy atom. The zero-order chi connectivity index (χ0) is 22.2. The molecule has 6 heteroatoms. The third-order valence-electron chi connectivity index (χ3n) is 6.94. The minimum atomic E-state index is -0.0948. The highest BCUT2D eigenvalue weighted by Crippen LogP contribution is 2.38. The van der Waals surface area contributed by atoms with Crippen molar-refractivity contribution < 1.29 is 9.59 Å². The second-order valence-corrected chi connectivity index (χ2v) is 9.10. The van der Waals surface area contributed by atoms with E-state index in [9.17, 15) is 9.59 Å². The lowest BCUT2D eigenvalue weighted by molar-refractivity contribution is -0.125. The van der Waals surface area contributed by atoms with Gasteiger partial charge < -0.3 is 10.2 Å². The van der Waals surface area contributed by atoms with Crippen LogP contribution < -0.4 is 5.32 Å². The van der Waals surface area contributed by atoms with Crippen LogP contribution in [0.15, 0.2) is 54.9 Å². The lowest BCUT2D eigenvalue weighted by atomic mass is 9.77. The summed E-state index contributed by atoms with van der Waals surface area (Å²) in [5.41, 5.74) is 1.83. The molecule has 0 atom stereocenters. The maximum absolute atomic E-state index is 13.1. The molecule has 2 amide bonds. The SMILES string of the molecule is O=C1CC2(CCCCC2)N(Cc2ccccc2)CCCN(C(=O)c2ccncc2)CCN1. The van der Waals surface area contributed by atoms with Gasteiger partial charge in [0.15, 0.2) is 0 Å². The smallest absolute Gasteiger partial charge is 0.254 e. The summed E-state index contributed by atoms with van der Waals surface area (Å²) in [6.07, 6.45) is 10.4. The third kappa shape index (κ3) is 5.54. The van der Waals surface area contributed by atoms with Crippen LogP contribution in [0.3, 0.4) is 0 Å². The van der Waals surface area contributed by atoms with Crippen molar-refractivity contribution in [3.63, 3.8) is 0 Å². The summed E-state index contributed by atoms with van der Waals surface area (Å²) >= 11 is 0. The molecule has 2 heterocycles. The number of amides is 2. The van der Waals surface area contributed by atoms with Crippen LogP contribution >= 0.6 is 0 Å². The van der Waals surface area contributed by atoms with E-state index in [1.54, 1.807) is 24.5 Å². The number of pyridine rings is 1. The Bertz CT molecular complexity index is 881. The fraction of sp³-hybridized carbons (Fsp3) is 0.500. The molecule has 32 heavy (non-hydrogen) atoms.